The summed E-state index contributed by atoms with van der Waals surface area (Å²) < 4.78 is 5.12. The molecule has 5 amide bonds. The highest BCUT2D eigenvalue weighted by atomic mass is 16.5. The van der Waals surface area contributed by atoms with Crippen molar-refractivity contribution < 1.29 is 33.8 Å². The van der Waals surface area contributed by atoms with Crippen molar-refractivity contribution >= 4 is 42.1 Å². The highest BCUT2D eigenvalue weighted by Crippen LogP contribution is 2.10. The molecule has 0 saturated heterocycles. The standard InChI is InChI=1S/C13H20N2O4.C12H15N3O3.C2H6/c1-10(9-16)14-11(17)5-3-2-4-8-15-12(18)6-7-13(15)19;1-13-9-18-7-10-2-4-11(5-3-10)15-12(17)6-14-8-16;1-2/h6-7,10,16H,2-5,8-9H2,1H3,(H,14,17);2-5,8-9H,6-7H2,1H3,(H,14,16)(H,15,17);1-2H3. The molecule has 1 unspecified atom stereocenters. The van der Waals surface area contributed by atoms with Gasteiger partial charge in [0.25, 0.3) is 11.8 Å². The maximum atomic E-state index is 11.4. The van der Waals surface area contributed by atoms with Gasteiger partial charge in [0.15, 0.2) is 6.40 Å². The van der Waals surface area contributed by atoms with E-state index in [9.17, 15) is 24.0 Å². The molecule has 0 fully saturated rings. The molecule has 1 heterocycles. The van der Waals surface area contributed by atoms with Crippen LogP contribution in [0.4, 0.5) is 5.69 Å². The fourth-order valence-electron chi connectivity index (χ4n) is 3.01. The van der Waals surface area contributed by atoms with Crippen LogP contribution >= 0.6 is 0 Å². The molecule has 1 aromatic carbocycles. The summed E-state index contributed by atoms with van der Waals surface area (Å²) in [5.41, 5.74) is 1.64. The van der Waals surface area contributed by atoms with Crippen LogP contribution in [0.15, 0.2) is 41.4 Å². The average Bonchev–Trinajstić information content (AvgIpc) is 3.26. The van der Waals surface area contributed by atoms with Gasteiger partial charge in [-0.25, -0.2) is 0 Å². The van der Waals surface area contributed by atoms with Crippen LogP contribution in [-0.4, -0.2) is 79.2 Å². The monoisotopic (exact) mass is 547 g/mol. The van der Waals surface area contributed by atoms with E-state index in [1.54, 1.807) is 26.1 Å². The Labute approximate surface area is 229 Å². The third-order valence-corrected chi connectivity index (χ3v) is 4.88. The van der Waals surface area contributed by atoms with Gasteiger partial charge in [-0.3, -0.25) is 33.9 Å². The Morgan fingerprint density at radius 1 is 1.05 bits per heavy atom. The number of rotatable bonds is 15. The predicted molar refractivity (Wildman–Crippen MR) is 149 cm³/mol. The normalized spacial score (nSPS) is 12.6. The van der Waals surface area contributed by atoms with Gasteiger partial charge < -0.3 is 25.8 Å². The van der Waals surface area contributed by atoms with E-state index in [0.717, 1.165) is 12.0 Å². The van der Waals surface area contributed by atoms with Crippen molar-refractivity contribution in [1.82, 2.24) is 15.5 Å². The molecule has 0 aliphatic carbocycles. The Balaban J connectivity index is 0.000000697. The molecule has 0 spiro atoms. The second-order valence-corrected chi connectivity index (χ2v) is 8.04. The van der Waals surface area contributed by atoms with E-state index in [1.165, 1.54) is 23.5 Å². The lowest BCUT2D eigenvalue weighted by molar-refractivity contribution is -0.137. The molecular weight excluding hydrogens is 506 g/mol. The van der Waals surface area contributed by atoms with Crippen molar-refractivity contribution in [3.8, 4) is 0 Å². The molecule has 4 N–H and O–H groups in total. The number of unbranched alkanes of at least 4 members (excludes halogenated alkanes) is 2. The van der Waals surface area contributed by atoms with Crippen molar-refractivity contribution in [2.45, 2.75) is 59.1 Å². The number of amides is 5. The zero-order chi connectivity index (χ0) is 29.5. The number of anilines is 1. The molecule has 0 aromatic heterocycles. The summed E-state index contributed by atoms with van der Waals surface area (Å²) in [6.07, 6.45) is 6.96. The highest BCUT2D eigenvalue weighted by molar-refractivity contribution is 6.12. The molecule has 2 rings (SSSR count). The van der Waals surface area contributed by atoms with Crippen LogP contribution in [0.25, 0.3) is 0 Å². The molecule has 39 heavy (non-hydrogen) atoms. The third-order valence-electron chi connectivity index (χ3n) is 4.88. The molecule has 0 radical (unpaired) electrons. The number of aliphatic hydroxyl groups is 1. The van der Waals surface area contributed by atoms with E-state index in [0.29, 0.717) is 44.5 Å². The van der Waals surface area contributed by atoms with Crippen LogP contribution in [0.3, 0.4) is 0 Å². The third kappa shape index (κ3) is 16.4. The Morgan fingerprint density at radius 2 is 1.69 bits per heavy atom. The second kappa shape index (κ2) is 22.0. The van der Waals surface area contributed by atoms with Crippen LogP contribution in [0.2, 0.25) is 0 Å². The van der Waals surface area contributed by atoms with E-state index in [-0.39, 0.29) is 42.8 Å². The van der Waals surface area contributed by atoms with E-state index in [1.807, 2.05) is 26.0 Å². The first-order valence-electron chi connectivity index (χ1n) is 12.8. The average molecular weight is 548 g/mol. The Morgan fingerprint density at radius 3 is 2.26 bits per heavy atom. The number of benzene rings is 1. The number of carbonyl (C=O) groups is 5. The first-order chi connectivity index (χ1) is 18.8. The van der Waals surface area contributed by atoms with Gasteiger partial charge in [-0.2, -0.15) is 0 Å². The van der Waals surface area contributed by atoms with Crippen LogP contribution in [0, 0.1) is 0 Å². The van der Waals surface area contributed by atoms with Gasteiger partial charge >= 0.3 is 0 Å². The van der Waals surface area contributed by atoms with Crippen molar-refractivity contribution in [2.24, 2.45) is 4.99 Å². The van der Waals surface area contributed by atoms with Crippen molar-refractivity contribution in [3.63, 3.8) is 0 Å². The minimum atomic E-state index is -0.274. The molecule has 12 nitrogen and oxygen atoms in total. The Hall–Kier alpha value is -4.06. The zero-order valence-corrected chi connectivity index (χ0v) is 23.1. The van der Waals surface area contributed by atoms with Gasteiger partial charge in [-0.15, -0.1) is 0 Å². The topological polar surface area (TPSA) is 166 Å². The zero-order valence-electron chi connectivity index (χ0n) is 23.1. The van der Waals surface area contributed by atoms with E-state index in [4.69, 9.17) is 9.84 Å². The summed E-state index contributed by atoms with van der Waals surface area (Å²) in [4.78, 5) is 60.1. The van der Waals surface area contributed by atoms with Gasteiger partial charge in [0.2, 0.25) is 18.2 Å². The second-order valence-electron chi connectivity index (χ2n) is 8.04. The lowest BCUT2D eigenvalue weighted by Crippen LogP contribution is -2.34. The van der Waals surface area contributed by atoms with Gasteiger partial charge in [-0.1, -0.05) is 32.4 Å². The van der Waals surface area contributed by atoms with Crippen LogP contribution in [0.1, 0.15) is 52.0 Å². The van der Waals surface area contributed by atoms with Crippen molar-refractivity contribution in [3.05, 3.63) is 42.0 Å². The SMILES string of the molecule is CC.CC(CO)NC(=O)CCCCCN1C(=O)C=CC1=O.CN=COCc1ccc(NC(=O)CNC=O)cc1. The summed E-state index contributed by atoms with van der Waals surface area (Å²) in [5.74, 6) is -0.889. The van der Waals surface area contributed by atoms with Gasteiger partial charge in [0, 0.05) is 43.9 Å². The van der Waals surface area contributed by atoms with Gasteiger partial charge in [0.05, 0.1) is 13.2 Å². The number of aliphatic hydroxyl groups excluding tert-OH is 1. The molecule has 216 valence electrons. The molecule has 1 atom stereocenters. The van der Waals surface area contributed by atoms with Gasteiger partial charge in [0.1, 0.15) is 6.61 Å². The lowest BCUT2D eigenvalue weighted by atomic mass is 10.1. The molecular formula is C27H41N5O7. The lowest BCUT2D eigenvalue weighted by Gasteiger charge is -2.13. The number of hydrogen-bond acceptors (Lipinski definition) is 8. The van der Waals surface area contributed by atoms with E-state index >= 15 is 0 Å². The van der Waals surface area contributed by atoms with E-state index in [2.05, 4.69) is 20.9 Å². The quantitative estimate of drug-likeness (QED) is 0.0849. The molecule has 1 aliphatic heterocycles. The summed E-state index contributed by atoms with van der Waals surface area (Å²) >= 11 is 0. The number of ether oxygens (including phenoxy) is 1. The number of aliphatic imine (C=N–C) groups is 1. The fourth-order valence-corrected chi connectivity index (χ4v) is 3.01. The molecule has 12 heteroatoms. The summed E-state index contributed by atoms with van der Waals surface area (Å²) in [7, 11) is 1.63. The highest BCUT2D eigenvalue weighted by Gasteiger charge is 2.22. The van der Waals surface area contributed by atoms with Crippen molar-refractivity contribution in [1.29, 1.82) is 0 Å². The van der Waals surface area contributed by atoms with Crippen LogP contribution in [0.5, 0.6) is 0 Å². The maximum Gasteiger partial charge on any atom is 0.253 e. The number of hydrogen-bond donors (Lipinski definition) is 4. The number of imide groups is 1. The number of nitrogens with one attached hydrogen (secondary N) is 3. The molecule has 1 aromatic rings. The Bertz CT molecular complexity index is 930. The maximum absolute atomic E-state index is 11.4. The largest absolute Gasteiger partial charge is 0.479 e. The smallest absolute Gasteiger partial charge is 0.253 e. The van der Waals surface area contributed by atoms with Crippen molar-refractivity contribution in [2.75, 3.05) is 32.1 Å². The summed E-state index contributed by atoms with van der Waals surface area (Å²) in [6, 6.07) is 6.98. The predicted octanol–water partition coefficient (Wildman–Crippen LogP) is 1.54. The molecule has 0 bridgehead atoms. The Kier molecular flexibility index (Phi) is 19.7. The first-order valence-corrected chi connectivity index (χ1v) is 12.8. The first kappa shape index (κ1) is 34.9. The number of carbonyl (C=O) groups excluding carboxylic acids is 5. The number of nitrogens with zero attached hydrogens (tertiary/aromatic N) is 2. The molecule has 0 saturated carbocycles. The summed E-state index contributed by atoms with van der Waals surface area (Å²) in [6.45, 7) is 6.45. The van der Waals surface area contributed by atoms with Crippen LogP contribution < -0.4 is 16.0 Å². The fraction of sp³-hybridized carbons (Fsp3) is 0.481. The minimum Gasteiger partial charge on any atom is -0.479 e. The van der Waals surface area contributed by atoms with E-state index < -0.39 is 0 Å². The van der Waals surface area contributed by atoms with Crippen LogP contribution in [-0.2, 0) is 35.3 Å². The van der Waals surface area contributed by atoms with Gasteiger partial charge in [-0.05, 0) is 37.5 Å². The molecule has 1 aliphatic rings. The summed E-state index contributed by atoms with van der Waals surface area (Å²) in [5, 5.41) is 16.4. The minimum absolute atomic E-state index is 0.0404.